The summed E-state index contributed by atoms with van der Waals surface area (Å²) in [5.41, 5.74) is -2.31. The summed E-state index contributed by atoms with van der Waals surface area (Å²) in [6.45, 7) is 3.94. The average Bonchev–Trinajstić information content (AvgIpc) is 2.58. The molecule has 1 heterocycles. The number of thioether (sulfide) groups is 1. The molecule has 18 heavy (non-hydrogen) atoms. The first-order chi connectivity index (χ1) is 8.37. The molecule has 2 rings (SSSR count). The summed E-state index contributed by atoms with van der Waals surface area (Å²) < 4.78 is 36.6. The Hall–Kier alpha value is -1.30. The Bertz CT molecular complexity index is 453. The molecule has 1 aliphatic rings. The Labute approximate surface area is 108 Å². The Kier molecular flexibility index (Phi) is 3.47. The van der Waals surface area contributed by atoms with Crippen molar-refractivity contribution in [2.75, 3.05) is 4.90 Å². The van der Waals surface area contributed by atoms with Gasteiger partial charge in [-0.25, -0.2) is 0 Å². The van der Waals surface area contributed by atoms with Crippen molar-refractivity contribution in [1.82, 2.24) is 5.32 Å². The van der Waals surface area contributed by atoms with Gasteiger partial charge in [0.25, 0.3) is 0 Å². The highest BCUT2D eigenvalue weighted by Crippen LogP contribution is 2.37. The lowest BCUT2D eigenvalue weighted by atomic mass is 10.2. The van der Waals surface area contributed by atoms with Crippen LogP contribution in [-0.2, 0) is 0 Å². The van der Waals surface area contributed by atoms with Crippen LogP contribution < -0.4 is 10.2 Å². The van der Waals surface area contributed by atoms with Gasteiger partial charge in [0, 0.05) is 22.5 Å². The lowest BCUT2D eigenvalue weighted by molar-refractivity contribution is -0.0328. The topological polar surface area (TPSA) is 15.3 Å². The molecule has 98 valence electrons. The zero-order chi connectivity index (χ0) is 13.3. The predicted molar refractivity (Wildman–Crippen MR) is 67.2 cm³/mol. The van der Waals surface area contributed by atoms with Crippen molar-refractivity contribution >= 4 is 17.4 Å². The lowest BCUT2D eigenvalue weighted by Gasteiger charge is -2.25. The minimum absolute atomic E-state index is 0.0952. The average molecular weight is 274 g/mol. The number of nitrogens with zero attached hydrogens (tertiary/aromatic N) is 1. The molecule has 0 fully saturated rings. The summed E-state index contributed by atoms with van der Waals surface area (Å²) in [5.74, 6) is 0. The molecular formula is C12H13F3N2S. The molecule has 0 amide bonds. The Morgan fingerprint density at radius 3 is 2.28 bits per heavy atom. The van der Waals surface area contributed by atoms with Crippen molar-refractivity contribution in [3.05, 3.63) is 36.2 Å². The first-order valence-corrected chi connectivity index (χ1v) is 6.26. The van der Waals surface area contributed by atoms with Crippen LogP contribution in [0, 0.1) is 0 Å². The van der Waals surface area contributed by atoms with E-state index < -0.39 is 5.51 Å². The molecule has 0 saturated carbocycles. The molecule has 2 nitrogen and oxygen atoms in total. The summed E-state index contributed by atoms with van der Waals surface area (Å²) in [5, 5.41) is 3.15. The van der Waals surface area contributed by atoms with Gasteiger partial charge in [-0.3, -0.25) is 0 Å². The van der Waals surface area contributed by atoms with Crippen molar-refractivity contribution in [1.29, 1.82) is 0 Å². The largest absolute Gasteiger partial charge is 0.446 e. The summed E-state index contributed by atoms with van der Waals surface area (Å²) in [6.07, 6.45) is 2.01. The molecule has 6 heteroatoms. The van der Waals surface area contributed by atoms with Crippen LogP contribution in [0.5, 0.6) is 0 Å². The molecule has 0 saturated heterocycles. The van der Waals surface area contributed by atoms with Gasteiger partial charge in [-0.2, -0.15) is 13.2 Å². The summed E-state index contributed by atoms with van der Waals surface area (Å²) in [6, 6.07) is 6.39. The van der Waals surface area contributed by atoms with Crippen LogP contribution in [0.15, 0.2) is 41.1 Å². The Morgan fingerprint density at radius 1 is 1.22 bits per heavy atom. The quantitative estimate of drug-likeness (QED) is 0.823. The van der Waals surface area contributed by atoms with Gasteiger partial charge in [-0.15, -0.1) is 0 Å². The lowest BCUT2D eigenvalue weighted by Crippen LogP contribution is -2.33. The van der Waals surface area contributed by atoms with Gasteiger partial charge < -0.3 is 10.2 Å². The SMILES string of the molecule is CC1=CNC(C)N1c1ccc(SC(F)(F)F)cc1. The van der Waals surface area contributed by atoms with Crippen LogP contribution in [0.3, 0.4) is 0 Å². The highest BCUT2D eigenvalue weighted by molar-refractivity contribution is 8.00. The van der Waals surface area contributed by atoms with E-state index in [-0.39, 0.29) is 22.8 Å². The zero-order valence-corrected chi connectivity index (χ0v) is 10.8. The molecule has 1 aliphatic heterocycles. The van der Waals surface area contributed by atoms with Crippen LogP contribution in [0.2, 0.25) is 0 Å². The molecule has 0 aliphatic carbocycles. The van der Waals surface area contributed by atoms with E-state index in [1.54, 1.807) is 12.1 Å². The van der Waals surface area contributed by atoms with Crippen molar-refractivity contribution in [2.24, 2.45) is 0 Å². The van der Waals surface area contributed by atoms with Gasteiger partial charge in [0.15, 0.2) is 0 Å². The Morgan fingerprint density at radius 2 is 1.83 bits per heavy atom. The number of halogens is 3. The van der Waals surface area contributed by atoms with Crippen molar-refractivity contribution in [2.45, 2.75) is 30.4 Å². The van der Waals surface area contributed by atoms with E-state index in [0.29, 0.717) is 0 Å². The normalized spacial score (nSPS) is 19.7. The third-order valence-corrected chi connectivity index (χ3v) is 3.39. The van der Waals surface area contributed by atoms with Crippen LogP contribution in [-0.4, -0.2) is 11.7 Å². The third kappa shape index (κ3) is 2.93. The summed E-state index contributed by atoms with van der Waals surface area (Å²) >= 11 is -0.0952. The smallest absolute Gasteiger partial charge is 0.370 e. The monoisotopic (exact) mass is 274 g/mol. The third-order valence-electron chi connectivity index (χ3n) is 2.65. The van der Waals surface area contributed by atoms with E-state index in [1.165, 1.54) is 12.1 Å². The minimum atomic E-state index is -4.24. The summed E-state index contributed by atoms with van der Waals surface area (Å²) in [4.78, 5) is 2.23. The fraction of sp³-hybridized carbons (Fsp3) is 0.333. The number of hydrogen-bond acceptors (Lipinski definition) is 3. The van der Waals surface area contributed by atoms with Gasteiger partial charge in [0.1, 0.15) is 6.17 Å². The number of hydrogen-bond donors (Lipinski definition) is 1. The second kappa shape index (κ2) is 4.76. The van der Waals surface area contributed by atoms with E-state index in [1.807, 2.05) is 24.9 Å². The standard InChI is InChI=1S/C12H13F3N2S/c1-8-7-16-9(2)17(8)10-3-5-11(6-4-10)18-12(13,14)15/h3-7,9,16H,1-2H3. The zero-order valence-electron chi connectivity index (χ0n) is 9.95. The predicted octanol–water partition coefficient (Wildman–Crippen LogP) is 3.92. The molecule has 0 bridgehead atoms. The molecular weight excluding hydrogens is 261 g/mol. The van der Waals surface area contributed by atoms with Gasteiger partial charge in [0.2, 0.25) is 0 Å². The first-order valence-electron chi connectivity index (χ1n) is 5.45. The molecule has 1 unspecified atom stereocenters. The maximum absolute atomic E-state index is 12.2. The van der Waals surface area contributed by atoms with E-state index in [4.69, 9.17) is 0 Å². The highest BCUT2D eigenvalue weighted by atomic mass is 32.2. The highest BCUT2D eigenvalue weighted by Gasteiger charge is 2.29. The maximum Gasteiger partial charge on any atom is 0.446 e. The molecule has 1 aromatic carbocycles. The van der Waals surface area contributed by atoms with E-state index >= 15 is 0 Å². The fourth-order valence-electron chi connectivity index (χ4n) is 1.93. The van der Waals surface area contributed by atoms with Crippen molar-refractivity contribution in [3.8, 4) is 0 Å². The number of benzene rings is 1. The molecule has 1 N–H and O–H groups in total. The van der Waals surface area contributed by atoms with Crippen LogP contribution in [0.25, 0.3) is 0 Å². The van der Waals surface area contributed by atoms with Crippen LogP contribution in [0.4, 0.5) is 18.9 Å². The molecule has 0 aromatic heterocycles. The summed E-state index contributed by atoms with van der Waals surface area (Å²) in [7, 11) is 0. The number of rotatable bonds is 2. The number of allylic oxidation sites excluding steroid dienone is 1. The van der Waals surface area contributed by atoms with Crippen molar-refractivity contribution < 1.29 is 13.2 Å². The molecule has 0 spiro atoms. The second-order valence-corrected chi connectivity index (χ2v) is 5.18. The second-order valence-electron chi connectivity index (χ2n) is 4.04. The van der Waals surface area contributed by atoms with E-state index in [2.05, 4.69) is 5.32 Å². The number of anilines is 1. The van der Waals surface area contributed by atoms with E-state index in [9.17, 15) is 13.2 Å². The van der Waals surface area contributed by atoms with Crippen LogP contribution >= 0.6 is 11.8 Å². The first kappa shape index (κ1) is 13.1. The molecule has 1 atom stereocenters. The van der Waals surface area contributed by atoms with Gasteiger partial charge in [0.05, 0.1) is 0 Å². The van der Waals surface area contributed by atoms with Gasteiger partial charge in [-0.1, -0.05) is 0 Å². The van der Waals surface area contributed by atoms with Crippen LogP contribution in [0.1, 0.15) is 13.8 Å². The molecule has 1 aromatic rings. The van der Waals surface area contributed by atoms with Gasteiger partial charge >= 0.3 is 5.51 Å². The van der Waals surface area contributed by atoms with Gasteiger partial charge in [-0.05, 0) is 49.9 Å². The molecule has 0 radical (unpaired) electrons. The minimum Gasteiger partial charge on any atom is -0.370 e. The van der Waals surface area contributed by atoms with E-state index in [0.717, 1.165) is 11.4 Å². The maximum atomic E-state index is 12.2. The fourth-order valence-corrected chi connectivity index (χ4v) is 2.47. The van der Waals surface area contributed by atoms with Crippen molar-refractivity contribution in [3.63, 3.8) is 0 Å². The number of nitrogens with one attached hydrogen (secondary N) is 1. The number of alkyl halides is 3. The Balaban J connectivity index is 2.15.